The first kappa shape index (κ1) is 12.2. The van der Waals surface area contributed by atoms with Crippen LogP contribution in [0, 0.1) is 35.5 Å². The molecule has 1 saturated carbocycles. The van der Waals surface area contributed by atoms with E-state index in [2.05, 4.69) is 39.8 Å². The summed E-state index contributed by atoms with van der Waals surface area (Å²) in [5.74, 6) is 3.95. The third-order valence-corrected chi connectivity index (χ3v) is 4.51. The van der Waals surface area contributed by atoms with Crippen LogP contribution >= 0.6 is 0 Å². The molecule has 0 amide bonds. The van der Waals surface area contributed by atoms with Gasteiger partial charge in [0.2, 0.25) is 0 Å². The van der Waals surface area contributed by atoms with Crippen molar-refractivity contribution < 1.29 is 5.11 Å². The Morgan fingerprint density at radius 3 is 2.12 bits per heavy atom. The van der Waals surface area contributed by atoms with E-state index in [1.54, 1.807) is 0 Å². The molecule has 5 atom stereocenters. The fourth-order valence-electron chi connectivity index (χ4n) is 4.02. The van der Waals surface area contributed by atoms with Gasteiger partial charge in [-0.25, -0.2) is 0 Å². The molecule has 0 aliphatic heterocycles. The maximum Gasteiger partial charge on any atom is 0.0579 e. The minimum atomic E-state index is -0.0904. The average Bonchev–Trinajstić information content (AvgIpc) is 2.74. The summed E-state index contributed by atoms with van der Waals surface area (Å²) in [6.07, 6.45) is 6.92. The van der Waals surface area contributed by atoms with Crippen molar-refractivity contribution >= 4 is 0 Å². The molecule has 1 nitrogen and oxygen atoms in total. The van der Waals surface area contributed by atoms with Gasteiger partial charge >= 0.3 is 0 Å². The molecule has 0 aromatic heterocycles. The van der Waals surface area contributed by atoms with Crippen LogP contribution in [-0.4, -0.2) is 11.2 Å². The normalized spacial score (nSPS) is 38.9. The number of aliphatic hydroxyl groups excluding tert-OH is 1. The van der Waals surface area contributed by atoms with Crippen LogP contribution in [0.15, 0.2) is 12.2 Å². The topological polar surface area (TPSA) is 20.2 Å². The Hall–Kier alpha value is -0.300. The van der Waals surface area contributed by atoms with Crippen LogP contribution in [0.25, 0.3) is 0 Å². The van der Waals surface area contributed by atoms with Crippen LogP contribution in [0.5, 0.6) is 0 Å². The van der Waals surface area contributed by atoms with Gasteiger partial charge in [-0.05, 0) is 48.3 Å². The molecule has 16 heavy (non-hydrogen) atoms. The van der Waals surface area contributed by atoms with Crippen molar-refractivity contribution in [2.75, 3.05) is 0 Å². The van der Waals surface area contributed by atoms with Crippen LogP contribution in [0.4, 0.5) is 0 Å². The number of hydrogen-bond acceptors (Lipinski definition) is 1. The van der Waals surface area contributed by atoms with Crippen molar-refractivity contribution in [1.82, 2.24) is 0 Å². The van der Waals surface area contributed by atoms with Crippen molar-refractivity contribution in [1.29, 1.82) is 0 Å². The molecule has 1 unspecified atom stereocenters. The fourth-order valence-corrected chi connectivity index (χ4v) is 4.02. The van der Waals surface area contributed by atoms with Crippen LogP contribution in [0.2, 0.25) is 0 Å². The molecule has 0 spiro atoms. The Labute approximate surface area is 99.9 Å². The summed E-state index contributed by atoms with van der Waals surface area (Å²) >= 11 is 0. The quantitative estimate of drug-likeness (QED) is 0.722. The predicted molar refractivity (Wildman–Crippen MR) is 68.0 cm³/mol. The van der Waals surface area contributed by atoms with Gasteiger partial charge in [-0.2, -0.15) is 0 Å². The zero-order valence-corrected chi connectivity index (χ0v) is 11.1. The third kappa shape index (κ3) is 2.07. The SMILES string of the molecule is CC(C)C[C@H](O)C1[C@@H](C(C)C)[C@H]2C=C[C@@H]1C2. The minimum Gasteiger partial charge on any atom is -0.393 e. The number of rotatable bonds is 4. The fraction of sp³-hybridized carbons (Fsp3) is 0.867. The number of aliphatic hydroxyl groups is 1. The molecule has 0 saturated heterocycles. The van der Waals surface area contributed by atoms with E-state index in [0.29, 0.717) is 29.6 Å². The van der Waals surface area contributed by atoms with Gasteiger partial charge in [-0.1, -0.05) is 39.8 Å². The molecule has 2 aliphatic rings. The molecule has 2 bridgehead atoms. The lowest BCUT2D eigenvalue weighted by molar-refractivity contribution is 0.0340. The number of allylic oxidation sites excluding steroid dienone is 2. The van der Waals surface area contributed by atoms with Gasteiger partial charge in [0.15, 0.2) is 0 Å². The van der Waals surface area contributed by atoms with Gasteiger partial charge in [-0.3, -0.25) is 0 Å². The summed E-state index contributed by atoms with van der Waals surface area (Å²) in [7, 11) is 0. The van der Waals surface area contributed by atoms with E-state index >= 15 is 0 Å². The molecule has 1 N–H and O–H groups in total. The molecule has 1 fully saturated rings. The molecule has 0 radical (unpaired) electrons. The van der Waals surface area contributed by atoms with E-state index in [1.807, 2.05) is 0 Å². The zero-order chi connectivity index (χ0) is 11.9. The first-order chi connectivity index (χ1) is 7.50. The molecule has 92 valence electrons. The molecule has 0 heterocycles. The third-order valence-electron chi connectivity index (χ3n) is 4.51. The molecule has 2 rings (SSSR count). The molecule has 0 aromatic carbocycles. The van der Waals surface area contributed by atoms with E-state index in [0.717, 1.165) is 12.3 Å². The molecular formula is C15H26O. The summed E-state index contributed by atoms with van der Waals surface area (Å²) in [5, 5.41) is 10.4. The molecule has 1 heteroatoms. The Morgan fingerprint density at radius 1 is 1.06 bits per heavy atom. The summed E-state index contributed by atoms with van der Waals surface area (Å²) < 4.78 is 0. The number of hydrogen-bond donors (Lipinski definition) is 1. The van der Waals surface area contributed by atoms with Crippen molar-refractivity contribution in [3.8, 4) is 0 Å². The molecule has 2 aliphatic carbocycles. The van der Waals surface area contributed by atoms with Crippen LogP contribution in [-0.2, 0) is 0 Å². The molecular weight excluding hydrogens is 196 g/mol. The highest BCUT2D eigenvalue weighted by molar-refractivity contribution is 5.15. The van der Waals surface area contributed by atoms with Gasteiger partial charge in [0.25, 0.3) is 0 Å². The lowest BCUT2D eigenvalue weighted by atomic mass is 9.72. The number of fused-ring (bicyclic) bond motifs is 2. The average molecular weight is 222 g/mol. The van der Waals surface area contributed by atoms with Gasteiger partial charge in [0.1, 0.15) is 0 Å². The van der Waals surface area contributed by atoms with E-state index in [-0.39, 0.29) is 6.10 Å². The Kier molecular flexibility index (Phi) is 3.44. The second kappa shape index (κ2) is 4.52. The van der Waals surface area contributed by atoms with Gasteiger partial charge in [-0.15, -0.1) is 0 Å². The van der Waals surface area contributed by atoms with E-state index in [1.165, 1.54) is 6.42 Å². The monoisotopic (exact) mass is 222 g/mol. The zero-order valence-electron chi connectivity index (χ0n) is 11.1. The van der Waals surface area contributed by atoms with Crippen molar-refractivity contribution in [3.63, 3.8) is 0 Å². The first-order valence-electron chi connectivity index (χ1n) is 6.87. The highest BCUT2D eigenvalue weighted by Crippen LogP contribution is 2.52. The van der Waals surface area contributed by atoms with E-state index in [4.69, 9.17) is 0 Å². The lowest BCUT2D eigenvalue weighted by Gasteiger charge is -2.35. The summed E-state index contributed by atoms with van der Waals surface area (Å²) in [4.78, 5) is 0. The summed E-state index contributed by atoms with van der Waals surface area (Å²) in [6.45, 7) is 9.04. The second-order valence-electron chi connectivity index (χ2n) is 6.54. The van der Waals surface area contributed by atoms with E-state index < -0.39 is 0 Å². The maximum atomic E-state index is 10.4. The summed E-state index contributed by atoms with van der Waals surface area (Å²) in [5.41, 5.74) is 0. The van der Waals surface area contributed by atoms with Crippen LogP contribution < -0.4 is 0 Å². The first-order valence-corrected chi connectivity index (χ1v) is 6.87. The van der Waals surface area contributed by atoms with Crippen molar-refractivity contribution in [3.05, 3.63) is 12.2 Å². The predicted octanol–water partition coefficient (Wildman–Crippen LogP) is 3.49. The minimum absolute atomic E-state index is 0.0904. The largest absolute Gasteiger partial charge is 0.393 e. The standard InChI is InChI=1S/C15H26O/c1-9(2)7-13(16)15-12-6-5-11(8-12)14(15)10(3)4/h5-6,9-16H,7-8H2,1-4H3/t11-,12+,13-,14-,15?/m0/s1. The maximum absolute atomic E-state index is 10.4. The highest BCUT2D eigenvalue weighted by atomic mass is 16.3. The van der Waals surface area contributed by atoms with Gasteiger partial charge < -0.3 is 5.11 Å². The van der Waals surface area contributed by atoms with Gasteiger partial charge in [0.05, 0.1) is 6.10 Å². The summed E-state index contributed by atoms with van der Waals surface area (Å²) in [6, 6.07) is 0. The van der Waals surface area contributed by atoms with Crippen molar-refractivity contribution in [2.45, 2.75) is 46.6 Å². The Morgan fingerprint density at radius 2 is 1.62 bits per heavy atom. The van der Waals surface area contributed by atoms with Crippen LogP contribution in [0.1, 0.15) is 40.5 Å². The van der Waals surface area contributed by atoms with Gasteiger partial charge in [0, 0.05) is 0 Å². The smallest absolute Gasteiger partial charge is 0.0579 e. The van der Waals surface area contributed by atoms with Crippen LogP contribution in [0.3, 0.4) is 0 Å². The second-order valence-corrected chi connectivity index (χ2v) is 6.54. The Balaban J connectivity index is 2.10. The van der Waals surface area contributed by atoms with E-state index in [9.17, 15) is 5.11 Å². The highest BCUT2D eigenvalue weighted by Gasteiger charge is 2.48. The molecule has 0 aromatic rings. The Bertz CT molecular complexity index is 267. The van der Waals surface area contributed by atoms with Crippen molar-refractivity contribution in [2.24, 2.45) is 35.5 Å². The lowest BCUT2D eigenvalue weighted by Crippen LogP contribution is -2.34.